The van der Waals surface area contributed by atoms with Gasteiger partial charge in [-0.25, -0.2) is 4.79 Å². The van der Waals surface area contributed by atoms with E-state index in [1.807, 2.05) is 19.1 Å². The molecule has 2 N–H and O–H groups in total. The Morgan fingerprint density at radius 1 is 1.36 bits per heavy atom. The first-order valence-corrected chi connectivity index (χ1v) is 5.04. The van der Waals surface area contributed by atoms with Gasteiger partial charge in [0.1, 0.15) is 0 Å². The second-order valence-electron chi connectivity index (χ2n) is 3.44. The van der Waals surface area contributed by atoms with Gasteiger partial charge in [0.15, 0.2) is 5.54 Å². The molecule has 4 nitrogen and oxygen atoms in total. The average molecular weight is 210 g/mol. The lowest BCUT2D eigenvalue weighted by atomic mass is 10.0. The van der Waals surface area contributed by atoms with Crippen molar-refractivity contribution in [3.8, 4) is 0 Å². The summed E-state index contributed by atoms with van der Waals surface area (Å²) in [6.07, 6.45) is 0. The standard InChI is InChI=1S/C9H10N2O2S/c1-5-3-4-6(14-5)9(2)7(12)10-8(13)11-9/h3-4H,1-2H3,(H2,10,11,12,13). The molecular formula is C9H10N2O2S. The molecule has 1 aliphatic heterocycles. The Morgan fingerprint density at radius 3 is 2.50 bits per heavy atom. The Balaban J connectivity index is 2.42. The van der Waals surface area contributed by atoms with E-state index in [0.717, 1.165) is 9.75 Å². The molecule has 2 rings (SSSR count). The van der Waals surface area contributed by atoms with Crippen LogP contribution in [0.4, 0.5) is 4.79 Å². The highest BCUT2D eigenvalue weighted by Crippen LogP contribution is 2.30. The predicted octanol–water partition coefficient (Wildman–Crippen LogP) is 1.11. The molecule has 1 aromatic rings. The van der Waals surface area contributed by atoms with E-state index in [9.17, 15) is 9.59 Å². The van der Waals surface area contributed by atoms with Crippen molar-refractivity contribution in [3.63, 3.8) is 0 Å². The van der Waals surface area contributed by atoms with Gasteiger partial charge in [-0.15, -0.1) is 11.3 Å². The Kier molecular flexibility index (Phi) is 1.85. The second kappa shape index (κ2) is 2.81. The van der Waals surface area contributed by atoms with Gasteiger partial charge in [-0.2, -0.15) is 0 Å². The Hall–Kier alpha value is -1.36. The number of hydrogen-bond donors (Lipinski definition) is 2. The maximum atomic E-state index is 11.5. The summed E-state index contributed by atoms with van der Waals surface area (Å²) in [7, 11) is 0. The van der Waals surface area contributed by atoms with Crippen LogP contribution in [-0.2, 0) is 10.3 Å². The van der Waals surface area contributed by atoms with Crippen LogP contribution in [0.2, 0.25) is 0 Å². The number of thiophene rings is 1. The third-order valence-electron chi connectivity index (χ3n) is 2.28. The molecule has 14 heavy (non-hydrogen) atoms. The van der Waals surface area contributed by atoms with E-state index in [1.54, 1.807) is 6.92 Å². The highest BCUT2D eigenvalue weighted by molar-refractivity contribution is 7.12. The molecule has 5 heteroatoms. The summed E-state index contributed by atoms with van der Waals surface area (Å²) in [5.41, 5.74) is -0.893. The van der Waals surface area contributed by atoms with Crippen LogP contribution in [-0.4, -0.2) is 11.9 Å². The molecule has 1 aliphatic rings. The zero-order chi connectivity index (χ0) is 10.3. The van der Waals surface area contributed by atoms with Gasteiger partial charge in [0.25, 0.3) is 5.91 Å². The first-order chi connectivity index (χ1) is 6.52. The van der Waals surface area contributed by atoms with Crippen molar-refractivity contribution >= 4 is 23.3 Å². The number of nitrogens with one attached hydrogen (secondary N) is 2. The Bertz CT molecular complexity index is 413. The smallest absolute Gasteiger partial charge is 0.319 e. The maximum Gasteiger partial charge on any atom is 0.322 e. The zero-order valence-corrected chi connectivity index (χ0v) is 8.70. The van der Waals surface area contributed by atoms with E-state index in [4.69, 9.17) is 0 Å². The van der Waals surface area contributed by atoms with Gasteiger partial charge in [0.05, 0.1) is 0 Å². The number of aryl methyl sites for hydroxylation is 1. The summed E-state index contributed by atoms with van der Waals surface area (Å²) in [4.78, 5) is 24.5. The van der Waals surface area contributed by atoms with Crippen molar-refractivity contribution in [2.75, 3.05) is 0 Å². The van der Waals surface area contributed by atoms with Crippen molar-refractivity contribution in [2.24, 2.45) is 0 Å². The number of hydrogen-bond acceptors (Lipinski definition) is 3. The molecule has 0 radical (unpaired) electrons. The van der Waals surface area contributed by atoms with Gasteiger partial charge in [0.2, 0.25) is 0 Å². The van der Waals surface area contributed by atoms with E-state index >= 15 is 0 Å². The van der Waals surface area contributed by atoms with Crippen LogP contribution in [0, 0.1) is 6.92 Å². The van der Waals surface area contributed by atoms with Gasteiger partial charge in [-0.1, -0.05) is 0 Å². The molecule has 0 aromatic carbocycles. The van der Waals surface area contributed by atoms with Crippen LogP contribution in [0.3, 0.4) is 0 Å². The van der Waals surface area contributed by atoms with E-state index in [1.165, 1.54) is 11.3 Å². The van der Waals surface area contributed by atoms with Crippen LogP contribution >= 0.6 is 11.3 Å². The molecule has 1 atom stereocenters. The van der Waals surface area contributed by atoms with E-state index in [2.05, 4.69) is 10.6 Å². The van der Waals surface area contributed by atoms with Crippen molar-refractivity contribution < 1.29 is 9.59 Å². The Morgan fingerprint density at radius 2 is 2.07 bits per heavy atom. The monoisotopic (exact) mass is 210 g/mol. The molecule has 0 spiro atoms. The number of amides is 3. The number of imide groups is 1. The number of rotatable bonds is 1. The highest BCUT2D eigenvalue weighted by Gasteiger charge is 2.44. The topological polar surface area (TPSA) is 58.2 Å². The van der Waals surface area contributed by atoms with Gasteiger partial charge in [-0.05, 0) is 26.0 Å². The number of carbonyl (C=O) groups is 2. The largest absolute Gasteiger partial charge is 0.322 e. The van der Waals surface area contributed by atoms with Crippen LogP contribution < -0.4 is 10.6 Å². The predicted molar refractivity (Wildman–Crippen MR) is 53.1 cm³/mol. The molecule has 1 aromatic heterocycles. The normalized spacial score (nSPS) is 26.1. The quantitative estimate of drug-likeness (QED) is 0.682. The minimum atomic E-state index is -0.893. The highest BCUT2D eigenvalue weighted by atomic mass is 32.1. The van der Waals surface area contributed by atoms with E-state index in [0.29, 0.717) is 0 Å². The van der Waals surface area contributed by atoms with Crippen LogP contribution in [0.15, 0.2) is 12.1 Å². The van der Waals surface area contributed by atoms with Crippen LogP contribution in [0.25, 0.3) is 0 Å². The summed E-state index contributed by atoms with van der Waals surface area (Å²) < 4.78 is 0. The third kappa shape index (κ3) is 1.21. The first-order valence-electron chi connectivity index (χ1n) is 4.23. The summed E-state index contributed by atoms with van der Waals surface area (Å²) in [5, 5.41) is 4.85. The fourth-order valence-corrected chi connectivity index (χ4v) is 2.39. The summed E-state index contributed by atoms with van der Waals surface area (Å²) >= 11 is 1.51. The lowest BCUT2D eigenvalue weighted by Crippen LogP contribution is -2.39. The summed E-state index contributed by atoms with van der Waals surface area (Å²) in [6, 6.07) is 3.37. The van der Waals surface area contributed by atoms with Gasteiger partial charge < -0.3 is 5.32 Å². The maximum absolute atomic E-state index is 11.5. The number of urea groups is 1. The van der Waals surface area contributed by atoms with Gasteiger partial charge >= 0.3 is 6.03 Å². The number of carbonyl (C=O) groups excluding carboxylic acids is 2. The van der Waals surface area contributed by atoms with Crippen LogP contribution in [0.5, 0.6) is 0 Å². The third-order valence-corrected chi connectivity index (χ3v) is 3.50. The molecule has 0 saturated carbocycles. The molecule has 74 valence electrons. The van der Waals surface area contributed by atoms with Gasteiger partial charge in [0, 0.05) is 9.75 Å². The van der Waals surface area contributed by atoms with Crippen LogP contribution in [0.1, 0.15) is 16.7 Å². The lowest BCUT2D eigenvalue weighted by molar-refractivity contribution is -0.123. The van der Waals surface area contributed by atoms with E-state index in [-0.39, 0.29) is 5.91 Å². The first kappa shape index (κ1) is 9.21. The van der Waals surface area contributed by atoms with Crippen molar-refractivity contribution in [3.05, 3.63) is 21.9 Å². The zero-order valence-electron chi connectivity index (χ0n) is 7.88. The average Bonchev–Trinajstić information content (AvgIpc) is 2.59. The lowest BCUT2D eigenvalue weighted by Gasteiger charge is -2.18. The molecule has 1 fully saturated rings. The molecule has 0 bridgehead atoms. The molecule has 1 unspecified atom stereocenters. The second-order valence-corrected chi connectivity index (χ2v) is 4.73. The molecule has 3 amide bonds. The van der Waals surface area contributed by atoms with Crippen molar-refractivity contribution in [2.45, 2.75) is 19.4 Å². The minimum Gasteiger partial charge on any atom is -0.319 e. The summed E-state index contributed by atoms with van der Waals surface area (Å²) in [5.74, 6) is -0.288. The minimum absolute atomic E-state index is 0.288. The van der Waals surface area contributed by atoms with Crippen molar-refractivity contribution in [1.29, 1.82) is 0 Å². The van der Waals surface area contributed by atoms with Gasteiger partial charge in [-0.3, -0.25) is 10.1 Å². The molecule has 2 heterocycles. The Labute approximate surface area is 85.3 Å². The SMILES string of the molecule is Cc1ccc(C2(C)NC(=O)NC2=O)s1. The fraction of sp³-hybridized carbons (Fsp3) is 0.333. The molecule has 0 aliphatic carbocycles. The molecular weight excluding hydrogens is 200 g/mol. The van der Waals surface area contributed by atoms with E-state index < -0.39 is 11.6 Å². The summed E-state index contributed by atoms with van der Waals surface area (Å²) in [6.45, 7) is 3.67. The molecule has 1 saturated heterocycles. The fourth-order valence-electron chi connectivity index (χ4n) is 1.42. The van der Waals surface area contributed by atoms with Crippen molar-refractivity contribution in [1.82, 2.24) is 10.6 Å².